The van der Waals surface area contributed by atoms with Gasteiger partial charge in [0.05, 0.1) is 26.9 Å². The number of nitrogens with zero attached hydrogens (tertiary/aromatic N) is 1. The third-order valence-electron chi connectivity index (χ3n) is 4.48. The SMILES string of the molecule is CC=C(NC(=O)CN1CCOCC1)C(=O)N[C@@H](Cc1ccc(OC)cc1)C(=O)O. The molecule has 0 saturated carbocycles. The van der Waals surface area contributed by atoms with E-state index in [-0.39, 0.29) is 24.6 Å². The third-order valence-corrected chi connectivity index (χ3v) is 4.48. The quantitative estimate of drug-likeness (QED) is 0.501. The number of rotatable bonds is 9. The number of nitrogens with one attached hydrogen (secondary N) is 2. The molecule has 0 unspecified atom stereocenters. The fourth-order valence-electron chi connectivity index (χ4n) is 2.85. The Morgan fingerprint density at radius 3 is 2.45 bits per heavy atom. The molecule has 158 valence electrons. The predicted molar refractivity (Wildman–Crippen MR) is 105 cm³/mol. The van der Waals surface area contributed by atoms with Crippen molar-refractivity contribution in [2.75, 3.05) is 40.0 Å². The summed E-state index contributed by atoms with van der Waals surface area (Å²) >= 11 is 0. The van der Waals surface area contributed by atoms with Crippen molar-refractivity contribution >= 4 is 17.8 Å². The van der Waals surface area contributed by atoms with Crippen LogP contribution in [0.4, 0.5) is 0 Å². The van der Waals surface area contributed by atoms with E-state index in [2.05, 4.69) is 10.6 Å². The topological polar surface area (TPSA) is 117 Å². The molecule has 1 atom stereocenters. The zero-order chi connectivity index (χ0) is 21.2. The summed E-state index contributed by atoms with van der Waals surface area (Å²) in [7, 11) is 1.54. The van der Waals surface area contributed by atoms with Crippen molar-refractivity contribution in [3.05, 3.63) is 41.6 Å². The number of carbonyl (C=O) groups excluding carboxylic acids is 2. The van der Waals surface area contributed by atoms with Crippen molar-refractivity contribution in [3.8, 4) is 5.75 Å². The fourth-order valence-corrected chi connectivity index (χ4v) is 2.85. The Morgan fingerprint density at radius 2 is 1.90 bits per heavy atom. The molecular formula is C20H27N3O6. The van der Waals surface area contributed by atoms with Gasteiger partial charge in [-0.25, -0.2) is 4.79 Å². The monoisotopic (exact) mass is 405 g/mol. The Balaban J connectivity index is 1.93. The van der Waals surface area contributed by atoms with Gasteiger partial charge in [-0.3, -0.25) is 14.5 Å². The molecule has 1 aromatic carbocycles. The summed E-state index contributed by atoms with van der Waals surface area (Å²) in [5.41, 5.74) is 0.751. The van der Waals surface area contributed by atoms with Crippen molar-refractivity contribution in [1.82, 2.24) is 15.5 Å². The van der Waals surface area contributed by atoms with Crippen LogP contribution in [0.25, 0.3) is 0 Å². The lowest BCUT2D eigenvalue weighted by Gasteiger charge is -2.26. The summed E-state index contributed by atoms with van der Waals surface area (Å²) in [4.78, 5) is 38.2. The van der Waals surface area contributed by atoms with Crippen LogP contribution in [0.15, 0.2) is 36.0 Å². The number of ether oxygens (including phenoxy) is 2. The van der Waals surface area contributed by atoms with Gasteiger partial charge in [-0.05, 0) is 24.6 Å². The van der Waals surface area contributed by atoms with E-state index in [0.717, 1.165) is 5.56 Å². The third kappa shape index (κ3) is 7.20. The molecule has 0 aliphatic carbocycles. The number of carboxylic acid groups (broad SMARTS) is 1. The zero-order valence-corrected chi connectivity index (χ0v) is 16.6. The first-order valence-corrected chi connectivity index (χ1v) is 9.35. The number of carboxylic acids is 1. The number of hydrogen-bond acceptors (Lipinski definition) is 6. The lowest BCUT2D eigenvalue weighted by Crippen LogP contribution is -2.47. The van der Waals surface area contributed by atoms with Crippen molar-refractivity contribution in [3.63, 3.8) is 0 Å². The van der Waals surface area contributed by atoms with E-state index >= 15 is 0 Å². The van der Waals surface area contributed by atoms with E-state index in [1.54, 1.807) is 38.3 Å². The molecule has 0 aromatic heterocycles. The number of carbonyl (C=O) groups is 3. The lowest BCUT2D eigenvalue weighted by atomic mass is 10.1. The maximum atomic E-state index is 12.5. The zero-order valence-electron chi connectivity index (χ0n) is 16.6. The first-order valence-electron chi connectivity index (χ1n) is 9.35. The molecule has 1 aliphatic rings. The Bertz CT molecular complexity index is 741. The highest BCUT2D eigenvalue weighted by Gasteiger charge is 2.23. The summed E-state index contributed by atoms with van der Waals surface area (Å²) in [6.07, 6.45) is 1.54. The average Bonchev–Trinajstić information content (AvgIpc) is 2.72. The average molecular weight is 405 g/mol. The molecule has 2 amide bonds. The van der Waals surface area contributed by atoms with Crippen LogP contribution in [-0.2, 0) is 25.5 Å². The van der Waals surface area contributed by atoms with Crippen molar-refractivity contribution < 1.29 is 29.0 Å². The van der Waals surface area contributed by atoms with E-state index in [9.17, 15) is 19.5 Å². The van der Waals surface area contributed by atoms with E-state index in [0.29, 0.717) is 32.1 Å². The molecule has 9 heteroatoms. The normalized spacial score (nSPS) is 16.0. The lowest BCUT2D eigenvalue weighted by molar-refractivity contribution is -0.141. The number of benzene rings is 1. The highest BCUT2D eigenvalue weighted by Crippen LogP contribution is 2.13. The number of morpholine rings is 1. The second-order valence-electron chi connectivity index (χ2n) is 6.56. The van der Waals surface area contributed by atoms with Gasteiger partial charge in [-0.1, -0.05) is 18.2 Å². The molecule has 1 aromatic rings. The molecule has 3 N–H and O–H groups in total. The van der Waals surface area contributed by atoms with Crippen LogP contribution >= 0.6 is 0 Å². The number of amides is 2. The van der Waals surface area contributed by atoms with Gasteiger partial charge in [0, 0.05) is 19.5 Å². The molecule has 0 radical (unpaired) electrons. The molecule has 0 spiro atoms. The van der Waals surface area contributed by atoms with Gasteiger partial charge in [-0.15, -0.1) is 0 Å². The van der Waals surface area contributed by atoms with Crippen LogP contribution in [-0.4, -0.2) is 73.8 Å². The minimum absolute atomic E-state index is 0.0178. The van der Waals surface area contributed by atoms with Crippen LogP contribution in [0, 0.1) is 0 Å². The number of allylic oxidation sites excluding steroid dienone is 1. The fraction of sp³-hybridized carbons (Fsp3) is 0.450. The molecule has 9 nitrogen and oxygen atoms in total. The second-order valence-corrected chi connectivity index (χ2v) is 6.56. The Kier molecular flexibility index (Phi) is 8.63. The molecule has 1 heterocycles. The maximum absolute atomic E-state index is 12.5. The highest BCUT2D eigenvalue weighted by molar-refractivity contribution is 5.99. The molecule has 0 bridgehead atoms. The number of methoxy groups -OCH3 is 1. The summed E-state index contributed by atoms with van der Waals surface area (Å²) in [5, 5.41) is 14.5. The van der Waals surface area contributed by atoms with Crippen LogP contribution < -0.4 is 15.4 Å². The highest BCUT2D eigenvalue weighted by atomic mass is 16.5. The molecular weight excluding hydrogens is 378 g/mol. The Hall–Kier alpha value is -2.91. The Labute approximate surface area is 169 Å². The molecule has 1 saturated heterocycles. The van der Waals surface area contributed by atoms with Crippen LogP contribution in [0.1, 0.15) is 12.5 Å². The minimum Gasteiger partial charge on any atom is -0.497 e. The first-order chi connectivity index (χ1) is 13.9. The van der Waals surface area contributed by atoms with Crippen LogP contribution in [0.3, 0.4) is 0 Å². The molecule has 1 aliphatic heterocycles. The summed E-state index contributed by atoms with van der Waals surface area (Å²) in [6, 6.07) is 5.78. The first kappa shape index (κ1) is 22.4. The van der Waals surface area contributed by atoms with Gasteiger partial charge in [0.15, 0.2) is 0 Å². The van der Waals surface area contributed by atoms with Gasteiger partial charge < -0.3 is 25.2 Å². The van der Waals surface area contributed by atoms with Gasteiger partial charge in [0.1, 0.15) is 17.5 Å². The number of aliphatic carboxylic acids is 1. The summed E-state index contributed by atoms with van der Waals surface area (Å²) in [5.74, 6) is -1.49. The maximum Gasteiger partial charge on any atom is 0.326 e. The second kappa shape index (κ2) is 11.2. The van der Waals surface area contributed by atoms with Gasteiger partial charge in [0.2, 0.25) is 5.91 Å². The van der Waals surface area contributed by atoms with Crippen LogP contribution in [0.5, 0.6) is 5.75 Å². The van der Waals surface area contributed by atoms with Crippen LogP contribution in [0.2, 0.25) is 0 Å². The van der Waals surface area contributed by atoms with Crippen molar-refractivity contribution in [1.29, 1.82) is 0 Å². The minimum atomic E-state index is -1.16. The van der Waals surface area contributed by atoms with Gasteiger partial charge in [0.25, 0.3) is 5.91 Å². The molecule has 2 rings (SSSR count). The summed E-state index contributed by atoms with van der Waals surface area (Å²) in [6.45, 7) is 4.17. The summed E-state index contributed by atoms with van der Waals surface area (Å²) < 4.78 is 10.3. The molecule has 1 fully saturated rings. The Morgan fingerprint density at radius 1 is 1.24 bits per heavy atom. The number of hydrogen-bond donors (Lipinski definition) is 3. The molecule has 29 heavy (non-hydrogen) atoms. The van der Waals surface area contributed by atoms with E-state index in [1.165, 1.54) is 6.08 Å². The van der Waals surface area contributed by atoms with Gasteiger partial charge in [-0.2, -0.15) is 0 Å². The predicted octanol–water partition coefficient (Wildman–Crippen LogP) is 0.159. The van der Waals surface area contributed by atoms with E-state index in [1.807, 2.05) is 4.90 Å². The smallest absolute Gasteiger partial charge is 0.326 e. The van der Waals surface area contributed by atoms with Crippen molar-refractivity contribution in [2.24, 2.45) is 0 Å². The van der Waals surface area contributed by atoms with E-state index in [4.69, 9.17) is 9.47 Å². The largest absolute Gasteiger partial charge is 0.497 e. The van der Waals surface area contributed by atoms with Crippen molar-refractivity contribution in [2.45, 2.75) is 19.4 Å². The standard InChI is InChI=1S/C20H27N3O6/c1-3-16(21-18(24)13-23-8-10-29-11-9-23)19(25)22-17(20(26)27)12-14-4-6-15(28-2)7-5-14/h3-7,17H,8-13H2,1-2H3,(H,21,24)(H,22,25)(H,26,27)/t17-/m0/s1. The van der Waals surface area contributed by atoms with E-state index < -0.39 is 17.9 Å². The van der Waals surface area contributed by atoms with Gasteiger partial charge >= 0.3 is 5.97 Å².